The standard InChI is InChI=1S/C21H20ClN3O6S2/c1-23-21(26)17-13-16(11-12-20(17)31-2)33(29,30)24-14-7-9-15(10-8-14)32(27,28)25-19-6-4-3-5-18(19)22/h3-13,24-25H,1-2H3,(H,23,26). The smallest absolute Gasteiger partial charge is 0.261 e. The van der Waals surface area contributed by atoms with E-state index < -0.39 is 26.0 Å². The molecule has 0 fully saturated rings. The van der Waals surface area contributed by atoms with E-state index in [2.05, 4.69) is 14.8 Å². The SMILES string of the molecule is CNC(=O)c1cc(S(=O)(=O)Nc2ccc(S(=O)(=O)Nc3ccccc3Cl)cc2)ccc1OC. The second-order valence-corrected chi connectivity index (χ2v) is 10.4. The van der Waals surface area contributed by atoms with E-state index in [9.17, 15) is 21.6 Å². The molecular weight excluding hydrogens is 490 g/mol. The largest absolute Gasteiger partial charge is 0.496 e. The van der Waals surface area contributed by atoms with E-state index in [-0.39, 0.29) is 37.5 Å². The van der Waals surface area contributed by atoms with Crippen molar-refractivity contribution in [3.05, 3.63) is 77.3 Å². The molecule has 33 heavy (non-hydrogen) atoms. The minimum Gasteiger partial charge on any atom is -0.496 e. The average molecular weight is 510 g/mol. The molecule has 12 heteroatoms. The molecule has 0 spiro atoms. The van der Waals surface area contributed by atoms with Crippen LogP contribution in [0.2, 0.25) is 5.02 Å². The third kappa shape index (κ3) is 5.56. The zero-order valence-corrected chi connectivity index (χ0v) is 19.9. The number of hydrogen-bond donors (Lipinski definition) is 3. The lowest BCUT2D eigenvalue weighted by atomic mass is 10.2. The fraction of sp³-hybridized carbons (Fsp3) is 0.0952. The summed E-state index contributed by atoms with van der Waals surface area (Å²) in [5, 5.41) is 2.66. The Bertz CT molecular complexity index is 1390. The molecule has 0 aliphatic rings. The first kappa shape index (κ1) is 24.4. The Kier molecular flexibility index (Phi) is 7.15. The number of hydrogen-bond acceptors (Lipinski definition) is 6. The van der Waals surface area contributed by atoms with Gasteiger partial charge in [-0.15, -0.1) is 0 Å². The maximum Gasteiger partial charge on any atom is 0.261 e. The van der Waals surface area contributed by atoms with Crippen molar-refractivity contribution in [2.45, 2.75) is 9.79 Å². The molecule has 174 valence electrons. The minimum atomic E-state index is -4.07. The van der Waals surface area contributed by atoms with Crippen LogP contribution in [-0.2, 0) is 20.0 Å². The van der Waals surface area contributed by atoms with Crippen molar-refractivity contribution in [3.8, 4) is 5.75 Å². The monoisotopic (exact) mass is 509 g/mol. The number of ether oxygens (including phenoxy) is 1. The van der Waals surface area contributed by atoms with Crippen molar-refractivity contribution < 1.29 is 26.4 Å². The molecule has 0 unspecified atom stereocenters. The van der Waals surface area contributed by atoms with Gasteiger partial charge in [0, 0.05) is 12.7 Å². The summed E-state index contributed by atoms with van der Waals surface area (Å²) in [4.78, 5) is 11.8. The van der Waals surface area contributed by atoms with E-state index in [1.54, 1.807) is 18.2 Å². The van der Waals surface area contributed by atoms with Gasteiger partial charge in [-0.1, -0.05) is 23.7 Å². The lowest BCUT2D eigenvalue weighted by Crippen LogP contribution is -2.20. The molecule has 3 rings (SSSR count). The number of sulfonamides is 2. The number of rotatable bonds is 8. The number of nitrogens with one attached hydrogen (secondary N) is 3. The van der Waals surface area contributed by atoms with Crippen LogP contribution in [0, 0.1) is 0 Å². The molecule has 0 bridgehead atoms. The van der Waals surface area contributed by atoms with Crippen LogP contribution < -0.4 is 19.5 Å². The Balaban J connectivity index is 1.83. The van der Waals surface area contributed by atoms with Gasteiger partial charge in [0.15, 0.2) is 0 Å². The minimum absolute atomic E-state index is 0.0509. The molecule has 1 amide bonds. The molecule has 0 saturated heterocycles. The molecule has 3 aromatic carbocycles. The first-order valence-electron chi connectivity index (χ1n) is 9.38. The summed E-state index contributed by atoms with van der Waals surface area (Å²) in [5.41, 5.74) is 0.398. The molecular formula is C21H20ClN3O6S2. The molecule has 3 aromatic rings. The van der Waals surface area contributed by atoms with Crippen LogP contribution in [0.25, 0.3) is 0 Å². The summed E-state index contributed by atoms with van der Waals surface area (Å²) in [6.07, 6.45) is 0. The van der Waals surface area contributed by atoms with Crippen LogP contribution in [0.1, 0.15) is 10.4 Å². The number of halogens is 1. The first-order chi connectivity index (χ1) is 15.6. The van der Waals surface area contributed by atoms with Crippen LogP contribution >= 0.6 is 11.6 Å². The number of carbonyl (C=O) groups is 1. The van der Waals surface area contributed by atoms with Gasteiger partial charge in [0.25, 0.3) is 26.0 Å². The van der Waals surface area contributed by atoms with Gasteiger partial charge in [0.1, 0.15) is 5.75 Å². The molecule has 0 atom stereocenters. The molecule has 0 radical (unpaired) electrons. The maximum absolute atomic E-state index is 12.8. The summed E-state index contributed by atoms with van der Waals surface area (Å²) in [6.45, 7) is 0. The number of carbonyl (C=O) groups excluding carboxylic acids is 1. The topological polar surface area (TPSA) is 131 Å². The van der Waals surface area contributed by atoms with E-state index in [1.807, 2.05) is 0 Å². The molecule has 9 nitrogen and oxygen atoms in total. The van der Waals surface area contributed by atoms with Crippen molar-refractivity contribution >= 4 is 48.9 Å². The number of amides is 1. The predicted molar refractivity (Wildman–Crippen MR) is 126 cm³/mol. The van der Waals surface area contributed by atoms with Crippen molar-refractivity contribution in [2.24, 2.45) is 0 Å². The molecule has 0 aliphatic heterocycles. The summed E-state index contributed by atoms with van der Waals surface area (Å²) >= 11 is 6.00. The van der Waals surface area contributed by atoms with Crippen molar-refractivity contribution in [1.82, 2.24) is 5.32 Å². The van der Waals surface area contributed by atoms with Crippen LogP contribution in [0.15, 0.2) is 76.5 Å². The molecule has 0 saturated carbocycles. The summed E-state index contributed by atoms with van der Waals surface area (Å²) in [6, 6.07) is 15.3. The number of benzene rings is 3. The number of para-hydroxylation sites is 1. The second kappa shape index (κ2) is 9.69. The van der Waals surface area contributed by atoms with Crippen molar-refractivity contribution in [2.75, 3.05) is 23.6 Å². The molecule has 0 heterocycles. The fourth-order valence-corrected chi connectivity index (χ4v) is 5.23. The summed E-state index contributed by atoms with van der Waals surface area (Å²) < 4.78 is 60.6. The Morgan fingerprint density at radius 2 is 1.45 bits per heavy atom. The fourth-order valence-electron chi connectivity index (χ4n) is 2.83. The van der Waals surface area contributed by atoms with Crippen LogP contribution in [0.3, 0.4) is 0 Å². The second-order valence-electron chi connectivity index (χ2n) is 6.66. The Hall–Kier alpha value is -3.28. The highest BCUT2D eigenvalue weighted by molar-refractivity contribution is 7.93. The zero-order chi connectivity index (χ0) is 24.2. The number of methoxy groups -OCH3 is 1. The molecule has 3 N–H and O–H groups in total. The van der Waals surface area contributed by atoms with Crippen LogP contribution in [-0.4, -0.2) is 36.9 Å². The van der Waals surface area contributed by atoms with E-state index in [0.717, 1.165) is 0 Å². The first-order valence-corrected chi connectivity index (χ1v) is 12.7. The van der Waals surface area contributed by atoms with Gasteiger partial charge >= 0.3 is 0 Å². The molecule has 0 aromatic heterocycles. The lowest BCUT2D eigenvalue weighted by Gasteiger charge is -2.13. The van der Waals surface area contributed by atoms with Crippen LogP contribution in [0.5, 0.6) is 5.75 Å². The van der Waals surface area contributed by atoms with Crippen molar-refractivity contribution in [1.29, 1.82) is 0 Å². The van der Waals surface area contributed by atoms with E-state index in [4.69, 9.17) is 16.3 Å². The Morgan fingerprint density at radius 3 is 2.06 bits per heavy atom. The van der Waals surface area contributed by atoms with Gasteiger partial charge in [0.2, 0.25) is 0 Å². The predicted octanol–water partition coefficient (Wildman–Crippen LogP) is 3.31. The van der Waals surface area contributed by atoms with Crippen molar-refractivity contribution in [3.63, 3.8) is 0 Å². The highest BCUT2D eigenvalue weighted by Gasteiger charge is 2.20. The molecule has 0 aliphatic carbocycles. The van der Waals surface area contributed by atoms with Gasteiger partial charge in [-0.05, 0) is 54.6 Å². The van der Waals surface area contributed by atoms with Gasteiger partial charge in [-0.25, -0.2) is 16.8 Å². The van der Waals surface area contributed by atoms with Gasteiger partial charge in [-0.2, -0.15) is 0 Å². The van der Waals surface area contributed by atoms with E-state index >= 15 is 0 Å². The quantitative estimate of drug-likeness (QED) is 0.427. The average Bonchev–Trinajstić information content (AvgIpc) is 2.79. The van der Waals surface area contributed by atoms with E-state index in [1.165, 1.54) is 62.7 Å². The Morgan fingerprint density at radius 1 is 0.848 bits per heavy atom. The van der Waals surface area contributed by atoms with Gasteiger partial charge in [-0.3, -0.25) is 14.2 Å². The van der Waals surface area contributed by atoms with Crippen LogP contribution in [0.4, 0.5) is 11.4 Å². The normalized spacial score (nSPS) is 11.5. The Labute approximate surface area is 196 Å². The summed E-state index contributed by atoms with van der Waals surface area (Å²) in [5.74, 6) is -0.293. The summed E-state index contributed by atoms with van der Waals surface area (Å²) in [7, 11) is -5.24. The number of anilines is 2. The van der Waals surface area contributed by atoms with E-state index in [0.29, 0.717) is 0 Å². The third-order valence-corrected chi connectivity index (χ3v) is 7.58. The van der Waals surface area contributed by atoms with Gasteiger partial charge in [0.05, 0.1) is 33.2 Å². The lowest BCUT2D eigenvalue weighted by molar-refractivity contribution is 0.0960. The third-order valence-electron chi connectivity index (χ3n) is 4.49. The zero-order valence-electron chi connectivity index (χ0n) is 17.5. The maximum atomic E-state index is 12.8. The highest BCUT2D eigenvalue weighted by Crippen LogP contribution is 2.26. The highest BCUT2D eigenvalue weighted by atomic mass is 35.5. The van der Waals surface area contributed by atoms with Gasteiger partial charge < -0.3 is 10.1 Å².